The van der Waals surface area contributed by atoms with E-state index in [1.807, 2.05) is 43.3 Å². The Morgan fingerprint density at radius 1 is 0.789 bits per heavy atom. The number of amides is 2. The van der Waals surface area contributed by atoms with Gasteiger partial charge in [0.25, 0.3) is 5.91 Å². The van der Waals surface area contributed by atoms with Crippen molar-refractivity contribution < 1.29 is 18.0 Å². The molecule has 196 valence electrons. The summed E-state index contributed by atoms with van der Waals surface area (Å²) < 4.78 is 28.6. The zero-order valence-electron chi connectivity index (χ0n) is 21.2. The number of anilines is 1. The van der Waals surface area contributed by atoms with Crippen molar-refractivity contribution in [3.05, 3.63) is 108 Å². The molecule has 1 atom stereocenters. The van der Waals surface area contributed by atoms with Gasteiger partial charge >= 0.3 is 0 Å². The minimum absolute atomic E-state index is 0.153. The number of nitrogens with one attached hydrogen (secondary N) is 3. The van der Waals surface area contributed by atoms with Crippen LogP contribution in [-0.2, 0) is 21.2 Å². The van der Waals surface area contributed by atoms with Crippen LogP contribution in [0.5, 0.6) is 0 Å². The van der Waals surface area contributed by atoms with Gasteiger partial charge in [0.1, 0.15) is 6.04 Å². The zero-order chi connectivity index (χ0) is 27.0. The van der Waals surface area contributed by atoms with E-state index in [0.29, 0.717) is 28.6 Å². The number of carbonyl (C=O) groups excluding carboxylic acids is 2. The van der Waals surface area contributed by atoms with Gasteiger partial charge in [-0.05, 0) is 36.2 Å². The van der Waals surface area contributed by atoms with Crippen LogP contribution in [-0.4, -0.2) is 32.8 Å². The highest BCUT2D eigenvalue weighted by Crippen LogP contribution is 2.29. The second-order valence-corrected chi connectivity index (χ2v) is 10.7. The molecule has 2 amide bonds. The van der Waals surface area contributed by atoms with Gasteiger partial charge in [0.2, 0.25) is 15.9 Å². The van der Waals surface area contributed by atoms with E-state index in [-0.39, 0.29) is 17.2 Å². The molecule has 0 bridgehead atoms. The maximum absolute atomic E-state index is 13.5. The molecule has 8 heteroatoms. The predicted molar refractivity (Wildman–Crippen MR) is 151 cm³/mol. The first-order chi connectivity index (χ1) is 18.4. The third kappa shape index (κ3) is 6.65. The molecule has 0 fully saturated rings. The van der Waals surface area contributed by atoms with Crippen LogP contribution in [0.1, 0.15) is 35.7 Å². The summed E-state index contributed by atoms with van der Waals surface area (Å²) in [4.78, 5) is 26.6. The Bertz CT molecular complexity index is 1510. The fourth-order valence-corrected chi connectivity index (χ4v) is 5.49. The average Bonchev–Trinajstić information content (AvgIpc) is 2.93. The van der Waals surface area contributed by atoms with Crippen LogP contribution in [0.15, 0.2) is 102 Å². The van der Waals surface area contributed by atoms with Gasteiger partial charge in [0.05, 0.1) is 4.90 Å². The van der Waals surface area contributed by atoms with E-state index in [1.54, 1.807) is 60.7 Å². The van der Waals surface area contributed by atoms with Crippen LogP contribution < -0.4 is 15.4 Å². The average molecular weight is 530 g/mol. The van der Waals surface area contributed by atoms with Crippen molar-refractivity contribution in [2.45, 2.75) is 37.1 Å². The molecule has 0 aliphatic heterocycles. The lowest BCUT2D eigenvalue weighted by atomic mass is 10.0. The first kappa shape index (κ1) is 27.0. The van der Waals surface area contributed by atoms with Gasteiger partial charge in [-0.15, -0.1) is 0 Å². The lowest BCUT2D eigenvalue weighted by Crippen LogP contribution is -2.45. The molecule has 0 saturated carbocycles. The van der Waals surface area contributed by atoms with Crippen LogP contribution in [0, 0.1) is 0 Å². The molecule has 0 heterocycles. The summed E-state index contributed by atoms with van der Waals surface area (Å²) in [6.45, 7) is 2.35. The monoisotopic (exact) mass is 529 g/mol. The number of hydrogen-bond acceptors (Lipinski definition) is 4. The van der Waals surface area contributed by atoms with E-state index in [1.165, 1.54) is 0 Å². The normalized spacial score (nSPS) is 12.1. The Kier molecular flexibility index (Phi) is 8.89. The van der Waals surface area contributed by atoms with E-state index in [4.69, 9.17) is 0 Å². The summed E-state index contributed by atoms with van der Waals surface area (Å²) in [6, 6.07) is 27.4. The van der Waals surface area contributed by atoms with Gasteiger partial charge < -0.3 is 10.6 Å². The smallest absolute Gasteiger partial charge is 0.251 e. The van der Waals surface area contributed by atoms with E-state index >= 15 is 0 Å². The number of benzene rings is 4. The first-order valence-corrected chi connectivity index (χ1v) is 14.1. The van der Waals surface area contributed by atoms with Crippen LogP contribution in [0.25, 0.3) is 10.8 Å². The van der Waals surface area contributed by atoms with Crippen LogP contribution in [0.4, 0.5) is 5.69 Å². The lowest BCUT2D eigenvalue weighted by Gasteiger charge is -2.20. The standard InChI is InChI=1S/C30H31N3O4S/c1-2-3-20-31-38(36,37)28-19-11-16-24-25(28)17-10-18-26(24)32-30(35)27(21-22-12-6-4-7-13-22)33-29(34)23-14-8-5-9-15-23/h4-19,27,31H,2-3,20-21H2,1H3,(H,32,35)(H,33,34). The second kappa shape index (κ2) is 12.5. The van der Waals surface area contributed by atoms with Crippen molar-refractivity contribution >= 4 is 38.3 Å². The quantitative estimate of drug-likeness (QED) is 0.241. The SMILES string of the molecule is CCCCNS(=O)(=O)c1cccc2c(NC(=O)C(Cc3ccccc3)NC(=O)c3ccccc3)cccc12. The number of unbranched alkanes of at least 4 members (excludes halogenated alkanes) is 1. The summed E-state index contributed by atoms with van der Waals surface area (Å²) in [6.07, 6.45) is 1.90. The van der Waals surface area contributed by atoms with Gasteiger partial charge in [-0.2, -0.15) is 0 Å². The molecule has 0 aliphatic rings. The third-order valence-corrected chi connectivity index (χ3v) is 7.71. The van der Waals surface area contributed by atoms with Crippen molar-refractivity contribution in [1.29, 1.82) is 0 Å². The highest BCUT2D eigenvalue weighted by Gasteiger charge is 2.24. The third-order valence-electron chi connectivity index (χ3n) is 6.19. The Hall–Kier alpha value is -4.01. The molecule has 1 unspecified atom stereocenters. The molecule has 0 saturated heterocycles. The Morgan fingerprint density at radius 2 is 1.45 bits per heavy atom. The van der Waals surface area contributed by atoms with Crippen molar-refractivity contribution in [1.82, 2.24) is 10.0 Å². The summed E-state index contributed by atoms with van der Waals surface area (Å²) in [5.41, 5.74) is 1.81. The number of rotatable bonds is 11. The molecular weight excluding hydrogens is 498 g/mol. The van der Waals surface area contributed by atoms with Gasteiger partial charge in [-0.3, -0.25) is 9.59 Å². The molecule has 0 aliphatic carbocycles. The molecule has 4 aromatic carbocycles. The maximum atomic E-state index is 13.5. The number of hydrogen-bond donors (Lipinski definition) is 3. The minimum atomic E-state index is -3.73. The zero-order valence-corrected chi connectivity index (χ0v) is 22.0. The van der Waals surface area contributed by atoms with Gasteiger partial charge in [-0.1, -0.05) is 86.1 Å². The number of fused-ring (bicyclic) bond motifs is 1. The number of carbonyl (C=O) groups is 2. The van der Waals surface area contributed by atoms with E-state index < -0.39 is 22.0 Å². The van der Waals surface area contributed by atoms with Gasteiger partial charge in [0.15, 0.2) is 0 Å². The van der Waals surface area contributed by atoms with Crippen molar-refractivity contribution in [2.24, 2.45) is 0 Å². The molecule has 7 nitrogen and oxygen atoms in total. The molecular formula is C30H31N3O4S. The molecule has 4 aromatic rings. The molecule has 4 rings (SSSR count). The fraction of sp³-hybridized carbons (Fsp3) is 0.200. The summed E-state index contributed by atoms with van der Waals surface area (Å²) in [5, 5.41) is 6.87. The molecule has 0 radical (unpaired) electrons. The van der Waals surface area contributed by atoms with Gasteiger partial charge in [-0.25, -0.2) is 13.1 Å². The molecule has 38 heavy (non-hydrogen) atoms. The highest BCUT2D eigenvalue weighted by molar-refractivity contribution is 7.89. The van der Waals surface area contributed by atoms with E-state index in [9.17, 15) is 18.0 Å². The van der Waals surface area contributed by atoms with Gasteiger partial charge in [0, 0.05) is 35.0 Å². The highest BCUT2D eigenvalue weighted by atomic mass is 32.2. The molecule has 3 N–H and O–H groups in total. The topological polar surface area (TPSA) is 104 Å². The van der Waals surface area contributed by atoms with Crippen LogP contribution >= 0.6 is 0 Å². The summed E-state index contributed by atoms with van der Waals surface area (Å²) in [7, 11) is -3.73. The van der Waals surface area contributed by atoms with E-state index in [0.717, 1.165) is 18.4 Å². The van der Waals surface area contributed by atoms with Crippen molar-refractivity contribution in [3.8, 4) is 0 Å². The Labute approximate surface area is 223 Å². The van der Waals surface area contributed by atoms with Crippen molar-refractivity contribution in [3.63, 3.8) is 0 Å². The summed E-state index contributed by atoms with van der Waals surface area (Å²) >= 11 is 0. The molecule has 0 spiro atoms. The fourth-order valence-electron chi connectivity index (χ4n) is 4.20. The number of sulfonamides is 1. The maximum Gasteiger partial charge on any atom is 0.251 e. The summed E-state index contributed by atoms with van der Waals surface area (Å²) in [5.74, 6) is -0.758. The Morgan fingerprint density at radius 3 is 2.16 bits per heavy atom. The lowest BCUT2D eigenvalue weighted by molar-refractivity contribution is -0.118. The first-order valence-electron chi connectivity index (χ1n) is 12.6. The largest absolute Gasteiger partial charge is 0.340 e. The second-order valence-electron chi connectivity index (χ2n) is 8.98. The Balaban J connectivity index is 1.62. The molecule has 0 aromatic heterocycles. The predicted octanol–water partition coefficient (Wildman–Crippen LogP) is 4.90. The van der Waals surface area contributed by atoms with E-state index in [2.05, 4.69) is 15.4 Å². The van der Waals surface area contributed by atoms with Crippen LogP contribution in [0.3, 0.4) is 0 Å². The van der Waals surface area contributed by atoms with Crippen molar-refractivity contribution in [2.75, 3.05) is 11.9 Å². The minimum Gasteiger partial charge on any atom is -0.340 e. The van der Waals surface area contributed by atoms with Crippen LogP contribution in [0.2, 0.25) is 0 Å².